The van der Waals surface area contributed by atoms with Crippen LogP contribution in [-0.4, -0.2) is 108 Å². The van der Waals surface area contributed by atoms with Gasteiger partial charge in [0, 0.05) is 0 Å². The largest absolute Gasteiger partial charge is 0.472 e. The van der Waals surface area contributed by atoms with Crippen LogP contribution in [0.1, 0.15) is 168 Å². The first-order valence-corrected chi connectivity index (χ1v) is 22.9. The quantitative estimate of drug-likeness (QED) is 0.0207. The highest BCUT2D eigenvalue weighted by Gasteiger charge is 2.51. The van der Waals surface area contributed by atoms with Crippen LogP contribution >= 0.6 is 7.82 Å². The number of aliphatic hydroxyl groups excluding tert-OH is 7. The van der Waals surface area contributed by atoms with Gasteiger partial charge in [0.25, 0.3) is 0 Å². The van der Waals surface area contributed by atoms with Crippen molar-refractivity contribution in [3.63, 3.8) is 0 Å². The minimum atomic E-state index is -5.11. The lowest BCUT2D eigenvalue weighted by molar-refractivity contribution is -0.220. The fourth-order valence-electron chi connectivity index (χ4n) is 6.71. The molecule has 8 unspecified atom stereocenters. The molecule has 1 aliphatic rings. The van der Waals surface area contributed by atoms with Gasteiger partial charge in [0.1, 0.15) is 36.6 Å². The topological polar surface area (TPSA) is 226 Å². The predicted octanol–water partition coefficient (Wildman–Crippen LogP) is 6.03. The van der Waals surface area contributed by atoms with Crippen LogP contribution in [0, 0.1) is 0 Å². The highest BCUT2D eigenvalue weighted by atomic mass is 31.2. The van der Waals surface area contributed by atoms with Gasteiger partial charge in [-0.25, -0.2) is 4.57 Å². The number of rotatable bonds is 34. The summed E-state index contributed by atoms with van der Waals surface area (Å²) in [5.74, 6) is -0.608. The molecule has 9 N–H and O–H groups in total. The number of unbranched alkanes of at least 4 members (excludes halogenated alkanes) is 19. The van der Waals surface area contributed by atoms with Gasteiger partial charge in [-0.1, -0.05) is 147 Å². The maximum atomic E-state index is 12.8. The van der Waals surface area contributed by atoms with Gasteiger partial charge in [0.2, 0.25) is 5.91 Å². The standard InChI is InChI=1S/C41H78NO12P/c1-3-5-7-8-9-10-11-12-13-14-15-16-17-18-19-20-21-22-23-24-25-27-28-32(43)30-35(45)42-33(34(44)29-26-6-4-2)31-53-55(51,52)54-41-39(49)37(47)36(46)38(48)40(41)50/h18-19,26,29,32-34,36-41,43-44,46-50H,3-17,20-25,27-28,30-31H2,1-2H3,(H,42,45)(H,51,52)/b19-18-,29-26+. The second-order valence-corrected chi connectivity index (χ2v) is 16.8. The van der Waals surface area contributed by atoms with Crippen LogP contribution in [0.4, 0.5) is 0 Å². The van der Waals surface area contributed by atoms with Crippen LogP contribution in [0.5, 0.6) is 0 Å². The maximum Gasteiger partial charge on any atom is 0.472 e. The first-order valence-electron chi connectivity index (χ1n) is 21.4. The molecular weight excluding hydrogens is 729 g/mol. The van der Waals surface area contributed by atoms with Crippen LogP contribution in [-0.2, 0) is 18.4 Å². The molecule has 0 bridgehead atoms. The summed E-state index contributed by atoms with van der Waals surface area (Å²) in [6, 6.07) is -1.24. The molecule has 0 aromatic carbocycles. The van der Waals surface area contributed by atoms with E-state index in [9.17, 15) is 50.0 Å². The van der Waals surface area contributed by atoms with E-state index in [1.807, 2.05) is 6.92 Å². The van der Waals surface area contributed by atoms with E-state index in [1.54, 1.807) is 6.08 Å². The van der Waals surface area contributed by atoms with Gasteiger partial charge in [-0.3, -0.25) is 13.8 Å². The smallest absolute Gasteiger partial charge is 0.393 e. The van der Waals surface area contributed by atoms with Crippen molar-refractivity contribution < 1.29 is 59.0 Å². The number of nitrogens with one attached hydrogen (secondary N) is 1. The summed E-state index contributed by atoms with van der Waals surface area (Å²) in [4.78, 5) is 23.0. The summed E-state index contributed by atoms with van der Waals surface area (Å²) in [5, 5.41) is 73.4. The Hall–Kier alpha value is -1.22. The summed E-state index contributed by atoms with van der Waals surface area (Å²) in [6.07, 6.45) is 20.0. The predicted molar refractivity (Wildman–Crippen MR) is 215 cm³/mol. The number of hydrogen-bond donors (Lipinski definition) is 9. The second-order valence-electron chi connectivity index (χ2n) is 15.4. The van der Waals surface area contributed by atoms with E-state index < -0.39 is 75.2 Å². The van der Waals surface area contributed by atoms with E-state index in [4.69, 9.17) is 9.05 Å². The molecule has 0 heterocycles. The molecule has 324 valence electrons. The molecule has 1 fully saturated rings. The van der Waals surface area contributed by atoms with Crippen LogP contribution in [0.15, 0.2) is 24.3 Å². The minimum Gasteiger partial charge on any atom is -0.393 e. The Labute approximate surface area is 331 Å². The normalized spacial score (nSPS) is 24.6. The van der Waals surface area contributed by atoms with E-state index >= 15 is 0 Å². The van der Waals surface area contributed by atoms with E-state index in [1.165, 1.54) is 96.0 Å². The maximum absolute atomic E-state index is 12.8. The average Bonchev–Trinajstić information content (AvgIpc) is 3.15. The zero-order valence-corrected chi connectivity index (χ0v) is 34.7. The molecule has 13 nitrogen and oxygen atoms in total. The molecule has 55 heavy (non-hydrogen) atoms. The lowest BCUT2D eigenvalue weighted by Gasteiger charge is -2.41. The van der Waals surface area contributed by atoms with Crippen LogP contribution in [0.25, 0.3) is 0 Å². The van der Waals surface area contributed by atoms with Crippen molar-refractivity contribution in [2.24, 2.45) is 0 Å². The van der Waals surface area contributed by atoms with Crippen molar-refractivity contribution in [1.82, 2.24) is 5.32 Å². The minimum absolute atomic E-state index is 0.251. The number of amides is 1. The number of allylic oxidation sites excluding steroid dienone is 3. The lowest BCUT2D eigenvalue weighted by Crippen LogP contribution is -2.64. The third-order valence-corrected chi connectivity index (χ3v) is 11.2. The van der Waals surface area contributed by atoms with Gasteiger partial charge in [-0.15, -0.1) is 0 Å². The molecule has 14 heteroatoms. The number of phosphoric acid groups is 1. The second kappa shape index (κ2) is 31.7. The molecule has 0 radical (unpaired) electrons. The number of carbonyl (C=O) groups excluding carboxylic acids is 1. The van der Waals surface area contributed by atoms with Gasteiger partial charge in [-0.2, -0.15) is 0 Å². The Morgan fingerprint density at radius 3 is 1.58 bits per heavy atom. The van der Waals surface area contributed by atoms with E-state index in [0.29, 0.717) is 12.8 Å². The van der Waals surface area contributed by atoms with Crippen LogP contribution in [0.3, 0.4) is 0 Å². The Bertz CT molecular complexity index is 1050. The SMILES string of the molecule is CCC/C=C/C(O)C(COP(=O)(O)OC1C(O)C(O)C(O)C(O)C1O)NC(=O)CC(O)CCCCCCCC/C=C\CCCCCCCCCCCCCC. The van der Waals surface area contributed by atoms with Crippen molar-refractivity contribution in [2.45, 2.75) is 223 Å². The number of aliphatic hydroxyl groups is 7. The van der Waals surface area contributed by atoms with Gasteiger partial charge < -0.3 is 46.0 Å². The molecule has 1 aliphatic carbocycles. The summed E-state index contributed by atoms with van der Waals surface area (Å²) >= 11 is 0. The zero-order chi connectivity index (χ0) is 40.9. The number of carbonyl (C=O) groups is 1. The Kier molecular flexibility index (Phi) is 29.9. The van der Waals surface area contributed by atoms with Gasteiger partial charge in [-0.05, 0) is 38.5 Å². The monoisotopic (exact) mass is 808 g/mol. The molecular formula is C41H78NO12P. The number of hydrogen-bond acceptors (Lipinski definition) is 11. The molecule has 0 saturated heterocycles. The molecule has 0 spiro atoms. The highest BCUT2D eigenvalue weighted by molar-refractivity contribution is 7.47. The van der Waals surface area contributed by atoms with Crippen molar-refractivity contribution >= 4 is 13.7 Å². The van der Waals surface area contributed by atoms with Crippen LogP contribution < -0.4 is 5.32 Å². The van der Waals surface area contributed by atoms with E-state index in [-0.39, 0.29) is 6.42 Å². The van der Waals surface area contributed by atoms with Crippen molar-refractivity contribution in [1.29, 1.82) is 0 Å². The zero-order valence-electron chi connectivity index (χ0n) is 33.8. The van der Waals surface area contributed by atoms with Gasteiger partial charge >= 0.3 is 7.82 Å². The third-order valence-electron chi connectivity index (χ3n) is 10.3. The first-order chi connectivity index (χ1) is 26.3. The van der Waals surface area contributed by atoms with Gasteiger partial charge in [0.05, 0.1) is 31.3 Å². The molecule has 0 aromatic heterocycles. The first kappa shape index (κ1) is 51.8. The average molecular weight is 808 g/mol. The Morgan fingerprint density at radius 2 is 1.09 bits per heavy atom. The fourth-order valence-corrected chi connectivity index (χ4v) is 7.68. The molecule has 0 aliphatic heterocycles. The Morgan fingerprint density at radius 1 is 0.636 bits per heavy atom. The highest BCUT2D eigenvalue weighted by Crippen LogP contribution is 2.47. The van der Waals surface area contributed by atoms with E-state index in [2.05, 4.69) is 24.4 Å². The number of phosphoric ester groups is 1. The van der Waals surface area contributed by atoms with E-state index in [0.717, 1.165) is 44.9 Å². The molecule has 1 saturated carbocycles. The molecule has 1 amide bonds. The molecule has 8 atom stereocenters. The summed E-state index contributed by atoms with van der Waals surface area (Å²) < 4.78 is 22.5. The lowest BCUT2D eigenvalue weighted by atomic mass is 9.85. The summed E-state index contributed by atoms with van der Waals surface area (Å²) in [5.41, 5.74) is 0. The summed E-state index contributed by atoms with van der Waals surface area (Å²) in [6.45, 7) is 3.45. The van der Waals surface area contributed by atoms with Gasteiger partial charge in [0.15, 0.2) is 0 Å². The Balaban J connectivity index is 2.27. The van der Waals surface area contributed by atoms with Crippen molar-refractivity contribution in [2.75, 3.05) is 6.61 Å². The summed E-state index contributed by atoms with van der Waals surface area (Å²) in [7, 11) is -5.11. The molecule has 0 aromatic rings. The van der Waals surface area contributed by atoms with Crippen LogP contribution in [0.2, 0.25) is 0 Å². The third kappa shape index (κ3) is 24.3. The molecule has 1 rings (SSSR count). The van der Waals surface area contributed by atoms with Crippen molar-refractivity contribution in [3.05, 3.63) is 24.3 Å². The van der Waals surface area contributed by atoms with Crippen molar-refractivity contribution in [3.8, 4) is 0 Å². The fraction of sp³-hybridized carbons (Fsp3) is 0.878.